The van der Waals surface area contributed by atoms with Gasteiger partial charge in [-0.3, -0.25) is 0 Å². The van der Waals surface area contributed by atoms with Crippen LogP contribution in [0.1, 0.15) is 45.2 Å². The summed E-state index contributed by atoms with van der Waals surface area (Å²) in [4.78, 5) is 0.416. The number of hydrogen-bond donors (Lipinski definition) is 1. The van der Waals surface area contributed by atoms with E-state index >= 15 is 0 Å². The molecule has 1 fully saturated rings. The third-order valence-corrected chi connectivity index (χ3v) is 6.14. The summed E-state index contributed by atoms with van der Waals surface area (Å²) in [6.45, 7) is 8.42. The van der Waals surface area contributed by atoms with Crippen LogP contribution in [0.25, 0.3) is 0 Å². The maximum atomic E-state index is 12.7. The lowest BCUT2D eigenvalue weighted by atomic mass is 10.0. The van der Waals surface area contributed by atoms with Gasteiger partial charge in [-0.05, 0) is 49.9 Å². The van der Waals surface area contributed by atoms with Gasteiger partial charge in [0.25, 0.3) is 0 Å². The quantitative estimate of drug-likeness (QED) is 0.910. The minimum atomic E-state index is -3.35. The van der Waals surface area contributed by atoms with Gasteiger partial charge in [0.15, 0.2) is 0 Å². The van der Waals surface area contributed by atoms with Gasteiger partial charge in [0.2, 0.25) is 10.0 Å². The molecule has 2 rings (SSSR count). The van der Waals surface area contributed by atoms with Crippen molar-refractivity contribution in [3.63, 3.8) is 0 Å². The molecule has 0 spiro atoms. The molecule has 1 saturated heterocycles. The van der Waals surface area contributed by atoms with Gasteiger partial charge in [-0.25, -0.2) is 8.42 Å². The summed E-state index contributed by atoms with van der Waals surface area (Å²) in [6.07, 6.45) is 1.90. The van der Waals surface area contributed by atoms with Crippen molar-refractivity contribution in [1.29, 1.82) is 0 Å². The smallest absolute Gasteiger partial charge is 0.243 e. The first-order chi connectivity index (χ1) is 9.95. The maximum Gasteiger partial charge on any atom is 0.243 e. The van der Waals surface area contributed by atoms with E-state index in [0.29, 0.717) is 23.9 Å². The van der Waals surface area contributed by atoms with E-state index in [1.54, 1.807) is 16.4 Å². The second-order valence-corrected chi connectivity index (χ2v) is 7.88. The highest BCUT2D eigenvalue weighted by molar-refractivity contribution is 7.89. The molecule has 1 aliphatic rings. The van der Waals surface area contributed by atoms with E-state index in [-0.39, 0.29) is 6.04 Å². The van der Waals surface area contributed by atoms with Gasteiger partial charge < -0.3 is 5.32 Å². The predicted molar refractivity (Wildman–Crippen MR) is 85.7 cm³/mol. The van der Waals surface area contributed by atoms with Gasteiger partial charge in [0, 0.05) is 19.1 Å². The van der Waals surface area contributed by atoms with E-state index in [1.807, 2.05) is 19.1 Å². The van der Waals surface area contributed by atoms with Crippen LogP contribution >= 0.6 is 0 Å². The second kappa shape index (κ2) is 6.90. The first-order valence-corrected chi connectivity index (χ1v) is 9.22. The maximum absolute atomic E-state index is 12.7. The number of benzene rings is 1. The van der Waals surface area contributed by atoms with Crippen molar-refractivity contribution >= 4 is 10.0 Å². The Labute approximate surface area is 128 Å². The molecule has 1 aromatic carbocycles. The van der Waals surface area contributed by atoms with Crippen LogP contribution in [0.3, 0.4) is 0 Å². The van der Waals surface area contributed by atoms with Crippen LogP contribution in [0.2, 0.25) is 0 Å². The Morgan fingerprint density at radius 2 is 2.00 bits per heavy atom. The highest BCUT2D eigenvalue weighted by Gasteiger charge is 2.28. The summed E-state index contributed by atoms with van der Waals surface area (Å²) >= 11 is 0. The molecule has 118 valence electrons. The first kappa shape index (κ1) is 16.5. The summed E-state index contributed by atoms with van der Waals surface area (Å²) in [6, 6.07) is 7.48. The molecule has 1 atom stereocenters. The van der Waals surface area contributed by atoms with Crippen molar-refractivity contribution in [2.75, 3.05) is 19.6 Å². The van der Waals surface area contributed by atoms with E-state index < -0.39 is 10.0 Å². The van der Waals surface area contributed by atoms with Crippen molar-refractivity contribution in [1.82, 2.24) is 9.62 Å². The zero-order valence-electron chi connectivity index (χ0n) is 13.2. The fraction of sp³-hybridized carbons (Fsp3) is 0.625. The highest BCUT2D eigenvalue weighted by atomic mass is 32.2. The summed E-state index contributed by atoms with van der Waals surface area (Å²) < 4.78 is 27.1. The average molecular weight is 310 g/mol. The van der Waals surface area contributed by atoms with Crippen molar-refractivity contribution in [3.05, 3.63) is 29.8 Å². The number of nitrogens with one attached hydrogen (secondary N) is 1. The topological polar surface area (TPSA) is 49.4 Å². The van der Waals surface area contributed by atoms with Crippen LogP contribution in [0.4, 0.5) is 0 Å². The highest BCUT2D eigenvalue weighted by Crippen LogP contribution is 2.25. The van der Waals surface area contributed by atoms with Crippen molar-refractivity contribution in [2.24, 2.45) is 5.92 Å². The molecule has 0 aromatic heterocycles. The SMILES string of the molecule is CCNC(C)c1cccc(S(=O)(=O)N2CCC(C)CC2)c1. The Balaban J connectivity index is 2.22. The molecule has 4 nitrogen and oxygen atoms in total. The van der Waals surface area contributed by atoms with Crippen LogP contribution in [0.5, 0.6) is 0 Å². The number of nitrogens with zero attached hydrogens (tertiary/aromatic N) is 1. The van der Waals surface area contributed by atoms with Crippen LogP contribution in [-0.4, -0.2) is 32.4 Å². The molecule has 1 aromatic rings. The minimum Gasteiger partial charge on any atom is -0.310 e. The van der Waals surface area contributed by atoms with E-state index in [2.05, 4.69) is 19.2 Å². The molecule has 5 heteroatoms. The molecular formula is C16H26N2O2S. The van der Waals surface area contributed by atoms with E-state index in [9.17, 15) is 8.42 Å². The van der Waals surface area contributed by atoms with E-state index in [0.717, 1.165) is 24.9 Å². The minimum absolute atomic E-state index is 0.159. The first-order valence-electron chi connectivity index (χ1n) is 7.78. The van der Waals surface area contributed by atoms with Gasteiger partial charge in [-0.15, -0.1) is 0 Å². The Kier molecular flexibility index (Phi) is 5.41. The second-order valence-electron chi connectivity index (χ2n) is 5.94. The van der Waals surface area contributed by atoms with Crippen LogP contribution < -0.4 is 5.32 Å². The van der Waals surface area contributed by atoms with Gasteiger partial charge in [-0.2, -0.15) is 4.31 Å². The fourth-order valence-corrected chi connectivity index (χ4v) is 4.27. The number of hydrogen-bond acceptors (Lipinski definition) is 3. The molecule has 0 radical (unpaired) electrons. The largest absolute Gasteiger partial charge is 0.310 e. The Morgan fingerprint density at radius 1 is 1.33 bits per heavy atom. The van der Waals surface area contributed by atoms with E-state index in [1.165, 1.54) is 0 Å². The van der Waals surface area contributed by atoms with Gasteiger partial charge in [0.05, 0.1) is 4.90 Å². The van der Waals surface area contributed by atoms with Crippen LogP contribution in [0, 0.1) is 5.92 Å². The Bertz CT molecular complexity index is 563. The van der Waals surface area contributed by atoms with Gasteiger partial charge in [-0.1, -0.05) is 26.0 Å². The molecule has 1 unspecified atom stereocenters. The monoisotopic (exact) mass is 310 g/mol. The third-order valence-electron chi connectivity index (χ3n) is 4.25. The summed E-state index contributed by atoms with van der Waals surface area (Å²) in [5.74, 6) is 0.622. The fourth-order valence-electron chi connectivity index (χ4n) is 2.74. The number of piperidine rings is 1. The Hall–Kier alpha value is -0.910. The molecule has 1 N–H and O–H groups in total. The van der Waals surface area contributed by atoms with E-state index in [4.69, 9.17) is 0 Å². The van der Waals surface area contributed by atoms with Crippen molar-refractivity contribution in [2.45, 2.75) is 44.6 Å². The van der Waals surface area contributed by atoms with Gasteiger partial charge in [0.1, 0.15) is 0 Å². The van der Waals surface area contributed by atoms with Crippen molar-refractivity contribution < 1.29 is 8.42 Å². The molecule has 0 aliphatic carbocycles. The molecule has 0 saturated carbocycles. The molecule has 1 heterocycles. The van der Waals surface area contributed by atoms with Gasteiger partial charge >= 0.3 is 0 Å². The molecule has 0 bridgehead atoms. The number of sulfonamides is 1. The molecule has 0 amide bonds. The predicted octanol–water partition coefficient (Wildman–Crippen LogP) is 2.78. The van der Waals surface area contributed by atoms with Crippen LogP contribution in [-0.2, 0) is 10.0 Å². The number of rotatable bonds is 5. The standard InChI is InChI=1S/C16H26N2O2S/c1-4-17-14(3)15-6-5-7-16(12-15)21(19,20)18-10-8-13(2)9-11-18/h5-7,12-14,17H,4,8-11H2,1-3H3. The lowest BCUT2D eigenvalue weighted by Crippen LogP contribution is -2.37. The third kappa shape index (κ3) is 3.84. The molecule has 21 heavy (non-hydrogen) atoms. The average Bonchev–Trinajstić information content (AvgIpc) is 2.48. The lowest BCUT2D eigenvalue weighted by molar-refractivity contribution is 0.288. The zero-order valence-corrected chi connectivity index (χ0v) is 14.0. The van der Waals surface area contributed by atoms with Crippen LogP contribution in [0.15, 0.2) is 29.2 Å². The normalized spacial score (nSPS) is 19.6. The lowest BCUT2D eigenvalue weighted by Gasteiger charge is -2.29. The summed E-state index contributed by atoms with van der Waals surface area (Å²) in [5.41, 5.74) is 1.02. The Morgan fingerprint density at radius 3 is 2.62 bits per heavy atom. The summed E-state index contributed by atoms with van der Waals surface area (Å²) in [5, 5.41) is 3.32. The van der Waals surface area contributed by atoms with Crippen molar-refractivity contribution in [3.8, 4) is 0 Å². The molecule has 1 aliphatic heterocycles. The summed E-state index contributed by atoms with van der Waals surface area (Å²) in [7, 11) is -3.35. The zero-order chi connectivity index (χ0) is 15.5. The molecular weight excluding hydrogens is 284 g/mol.